The van der Waals surface area contributed by atoms with Crippen LogP contribution in [0.1, 0.15) is 49.4 Å². The molecule has 0 unspecified atom stereocenters. The number of hydrogen-bond donors (Lipinski definition) is 1. The topological polar surface area (TPSA) is 55.0 Å². The van der Waals surface area contributed by atoms with E-state index in [-0.39, 0.29) is 0 Å². The Labute approximate surface area is 110 Å². The van der Waals surface area contributed by atoms with Gasteiger partial charge >= 0.3 is 0 Å². The Kier molecular flexibility index (Phi) is 4.17. The van der Waals surface area contributed by atoms with Crippen LogP contribution in [0.2, 0.25) is 0 Å². The summed E-state index contributed by atoms with van der Waals surface area (Å²) >= 11 is 0. The molecule has 0 saturated heterocycles. The molecule has 1 saturated carbocycles. The molecular weight excluding hydrogens is 224 g/mol. The van der Waals surface area contributed by atoms with E-state index in [0.29, 0.717) is 12.6 Å². The molecular formula is C14H24N4. The van der Waals surface area contributed by atoms with Crippen molar-refractivity contribution < 1.29 is 0 Å². The van der Waals surface area contributed by atoms with Crippen LogP contribution >= 0.6 is 0 Å². The zero-order valence-corrected chi connectivity index (χ0v) is 11.7. The van der Waals surface area contributed by atoms with Crippen LogP contribution in [-0.2, 0) is 6.54 Å². The molecule has 1 aromatic heterocycles. The quantitative estimate of drug-likeness (QED) is 0.839. The Morgan fingerprint density at radius 2 is 2.00 bits per heavy atom. The first-order chi connectivity index (χ1) is 8.69. The molecule has 0 radical (unpaired) electrons. The zero-order valence-electron chi connectivity index (χ0n) is 11.7. The van der Waals surface area contributed by atoms with Crippen molar-refractivity contribution >= 4 is 5.82 Å². The van der Waals surface area contributed by atoms with E-state index < -0.39 is 0 Å². The van der Waals surface area contributed by atoms with Gasteiger partial charge in [0.25, 0.3) is 0 Å². The van der Waals surface area contributed by atoms with E-state index in [0.717, 1.165) is 18.1 Å². The number of nitrogens with two attached hydrogens (primary N) is 1. The molecule has 1 aliphatic carbocycles. The molecule has 0 atom stereocenters. The summed E-state index contributed by atoms with van der Waals surface area (Å²) in [6.07, 6.45) is 4.97. The lowest BCUT2D eigenvalue weighted by molar-refractivity contribution is 0.690. The zero-order chi connectivity index (χ0) is 13.1. The monoisotopic (exact) mass is 248 g/mol. The number of anilines is 1. The van der Waals surface area contributed by atoms with Gasteiger partial charge in [-0.2, -0.15) is 5.10 Å². The lowest BCUT2D eigenvalue weighted by atomic mass is 10.1. The summed E-state index contributed by atoms with van der Waals surface area (Å²) < 4.78 is 0. The minimum atomic E-state index is 0.548. The highest BCUT2D eigenvalue weighted by molar-refractivity contribution is 5.52. The van der Waals surface area contributed by atoms with Gasteiger partial charge in [-0.25, -0.2) is 0 Å². The largest absolute Gasteiger partial charge is 0.352 e. The lowest BCUT2D eigenvalue weighted by Gasteiger charge is -2.26. The molecule has 1 aromatic rings. The summed E-state index contributed by atoms with van der Waals surface area (Å²) in [6.45, 7) is 7.94. The maximum absolute atomic E-state index is 5.91. The van der Waals surface area contributed by atoms with Crippen molar-refractivity contribution in [3.63, 3.8) is 0 Å². The normalized spacial score (nSPS) is 14.9. The Morgan fingerprint density at radius 3 is 2.56 bits per heavy atom. The lowest BCUT2D eigenvalue weighted by Crippen LogP contribution is -2.30. The van der Waals surface area contributed by atoms with Crippen molar-refractivity contribution in [2.45, 2.75) is 59.0 Å². The van der Waals surface area contributed by atoms with Gasteiger partial charge in [-0.05, 0) is 38.7 Å². The minimum absolute atomic E-state index is 0.548. The van der Waals surface area contributed by atoms with Crippen LogP contribution < -0.4 is 10.6 Å². The van der Waals surface area contributed by atoms with E-state index >= 15 is 0 Å². The van der Waals surface area contributed by atoms with Crippen LogP contribution in [0.4, 0.5) is 5.82 Å². The Balaban J connectivity index is 2.31. The molecule has 0 aromatic carbocycles. The van der Waals surface area contributed by atoms with Gasteiger partial charge in [-0.3, -0.25) is 0 Å². The third kappa shape index (κ3) is 2.64. The molecule has 1 aliphatic rings. The second-order valence-electron chi connectivity index (χ2n) is 5.19. The predicted octanol–water partition coefficient (Wildman–Crippen LogP) is 2.32. The van der Waals surface area contributed by atoms with Crippen LogP contribution in [0, 0.1) is 13.8 Å². The first-order valence-corrected chi connectivity index (χ1v) is 6.98. The second-order valence-corrected chi connectivity index (χ2v) is 5.19. The van der Waals surface area contributed by atoms with Gasteiger partial charge in [0.05, 0.1) is 5.69 Å². The third-order valence-electron chi connectivity index (χ3n) is 3.78. The molecule has 0 spiro atoms. The van der Waals surface area contributed by atoms with Crippen LogP contribution in [0.15, 0.2) is 0 Å². The Morgan fingerprint density at radius 1 is 1.28 bits per heavy atom. The van der Waals surface area contributed by atoms with Crippen molar-refractivity contribution in [3.05, 3.63) is 16.8 Å². The summed E-state index contributed by atoms with van der Waals surface area (Å²) in [6, 6.07) is 0.665. The first kappa shape index (κ1) is 13.3. The first-order valence-electron chi connectivity index (χ1n) is 6.98. The van der Waals surface area contributed by atoms with Crippen molar-refractivity contribution in [2.75, 3.05) is 11.4 Å². The summed E-state index contributed by atoms with van der Waals surface area (Å²) in [5.41, 5.74) is 9.27. The van der Waals surface area contributed by atoms with Gasteiger partial charge in [0, 0.05) is 24.7 Å². The molecule has 0 amide bonds. The summed E-state index contributed by atoms with van der Waals surface area (Å²) in [5.74, 6) is 1.02. The van der Waals surface area contributed by atoms with Gasteiger partial charge < -0.3 is 10.6 Å². The fourth-order valence-corrected chi connectivity index (χ4v) is 2.30. The summed E-state index contributed by atoms with van der Waals surface area (Å²) in [7, 11) is 0. The highest BCUT2D eigenvalue weighted by Gasteiger charge is 2.31. The average molecular weight is 248 g/mol. The van der Waals surface area contributed by atoms with Crippen molar-refractivity contribution in [3.8, 4) is 0 Å². The van der Waals surface area contributed by atoms with E-state index in [2.05, 4.69) is 28.9 Å². The van der Waals surface area contributed by atoms with Crippen molar-refractivity contribution in [1.82, 2.24) is 10.2 Å². The number of nitrogens with zero attached hydrogens (tertiary/aromatic N) is 3. The molecule has 1 heterocycles. The fraction of sp³-hybridized carbons (Fsp3) is 0.714. The molecule has 4 nitrogen and oxygen atoms in total. The van der Waals surface area contributed by atoms with Crippen LogP contribution in [0.3, 0.4) is 0 Å². The number of unbranched alkanes of at least 4 members (excludes halogenated alkanes) is 1. The van der Waals surface area contributed by atoms with Crippen molar-refractivity contribution in [1.29, 1.82) is 0 Å². The second kappa shape index (κ2) is 5.65. The Hall–Kier alpha value is -1.16. The fourth-order valence-electron chi connectivity index (χ4n) is 2.30. The number of aromatic nitrogens is 2. The highest BCUT2D eigenvalue weighted by Crippen LogP contribution is 2.33. The van der Waals surface area contributed by atoms with Crippen LogP contribution in [0.5, 0.6) is 0 Å². The molecule has 2 N–H and O–H groups in total. The van der Waals surface area contributed by atoms with E-state index in [1.54, 1.807) is 0 Å². The Bertz CT molecular complexity index is 413. The minimum Gasteiger partial charge on any atom is -0.352 e. The average Bonchev–Trinajstić information content (AvgIpc) is 3.18. The van der Waals surface area contributed by atoms with Gasteiger partial charge in [-0.1, -0.05) is 13.3 Å². The highest BCUT2D eigenvalue weighted by atomic mass is 15.3. The smallest absolute Gasteiger partial charge is 0.156 e. The van der Waals surface area contributed by atoms with Crippen LogP contribution in [-0.4, -0.2) is 22.8 Å². The third-order valence-corrected chi connectivity index (χ3v) is 3.78. The molecule has 0 bridgehead atoms. The molecule has 2 rings (SSSR count). The number of rotatable bonds is 6. The van der Waals surface area contributed by atoms with Crippen LogP contribution in [0.25, 0.3) is 0 Å². The van der Waals surface area contributed by atoms with Gasteiger partial charge in [-0.15, -0.1) is 5.10 Å². The van der Waals surface area contributed by atoms with Crippen molar-refractivity contribution in [2.24, 2.45) is 5.73 Å². The molecule has 4 heteroatoms. The molecule has 0 aliphatic heterocycles. The van der Waals surface area contributed by atoms with Gasteiger partial charge in [0.15, 0.2) is 5.82 Å². The van der Waals surface area contributed by atoms with E-state index in [4.69, 9.17) is 5.73 Å². The predicted molar refractivity (Wildman–Crippen MR) is 74.7 cm³/mol. The summed E-state index contributed by atoms with van der Waals surface area (Å²) in [4.78, 5) is 2.42. The summed E-state index contributed by atoms with van der Waals surface area (Å²) in [5, 5.41) is 8.70. The SMILES string of the molecule is CCCCN(c1nnc(C)c(C)c1CN)C1CC1. The maximum atomic E-state index is 5.91. The van der Waals surface area contributed by atoms with E-state index in [1.807, 2.05) is 6.92 Å². The van der Waals surface area contributed by atoms with Gasteiger partial charge in [0.1, 0.15) is 0 Å². The standard InChI is InChI=1S/C14H24N4/c1-4-5-8-18(12-6-7-12)14-13(9-15)10(2)11(3)16-17-14/h12H,4-9,15H2,1-3H3. The maximum Gasteiger partial charge on any atom is 0.156 e. The van der Waals surface area contributed by atoms with E-state index in [1.165, 1.54) is 36.8 Å². The molecule has 100 valence electrons. The molecule has 18 heavy (non-hydrogen) atoms. The van der Waals surface area contributed by atoms with E-state index in [9.17, 15) is 0 Å². The number of aryl methyl sites for hydroxylation is 1. The number of hydrogen-bond acceptors (Lipinski definition) is 4. The molecule has 1 fully saturated rings. The van der Waals surface area contributed by atoms with Gasteiger partial charge in [0.2, 0.25) is 0 Å².